The van der Waals surface area contributed by atoms with Crippen molar-refractivity contribution in [2.75, 3.05) is 11.9 Å². The van der Waals surface area contributed by atoms with E-state index in [1.54, 1.807) is 0 Å². The number of rotatable bonds is 3. The van der Waals surface area contributed by atoms with E-state index in [0.29, 0.717) is 5.41 Å². The Hall–Kier alpha value is -0.390. The fourth-order valence-corrected chi connectivity index (χ4v) is 5.90. The van der Waals surface area contributed by atoms with Crippen molar-refractivity contribution in [1.82, 2.24) is 9.97 Å². The topological polar surface area (TPSA) is 37.8 Å². The molecule has 0 atom stereocenters. The third-order valence-corrected chi connectivity index (χ3v) is 7.17. The minimum absolute atomic E-state index is 0.300. The van der Waals surface area contributed by atoms with Crippen molar-refractivity contribution in [1.29, 1.82) is 0 Å². The Kier molecular flexibility index (Phi) is 3.43. The van der Waals surface area contributed by atoms with Gasteiger partial charge in [0.05, 0.1) is 9.26 Å². The fraction of sp³-hybridized carbons (Fsp3) is 0.765. The maximum Gasteiger partial charge on any atom is 0.143 e. The van der Waals surface area contributed by atoms with Crippen LogP contribution in [0.2, 0.25) is 0 Å². The summed E-state index contributed by atoms with van der Waals surface area (Å²) in [6.07, 6.45) is 8.44. The summed E-state index contributed by atoms with van der Waals surface area (Å²) in [5.74, 6) is 5.04. The zero-order chi connectivity index (χ0) is 14.6. The summed E-state index contributed by atoms with van der Waals surface area (Å²) in [6.45, 7) is 5.19. The second-order valence-corrected chi connectivity index (χ2v) is 8.60. The van der Waals surface area contributed by atoms with E-state index >= 15 is 0 Å². The Balaban J connectivity index is 1.76. The first-order valence-electron chi connectivity index (χ1n) is 8.38. The van der Waals surface area contributed by atoms with Crippen molar-refractivity contribution in [3.63, 3.8) is 0 Å². The van der Waals surface area contributed by atoms with Crippen LogP contribution in [0.25, 0.3) is 0 Å². The van der Waals surface area contributed by atoms with Gasteiger partial charge in [-0.15, -0.1) is 0 Å². The molecule has 0 saturated heterocycles. The van der Waals surface area contributed by atoms with Crippen molar-refractivity contribution in [2.24, 2.45) is 17.8 Å². The standard InChI is InChI=1S/C17H24IN3/c1-3-19-15-14(18)10(2)20-16(21-15)17-7-11-4-12(8-17)6-13(5-11)9-17/h11-13H,3-9H2,1-2H3,(H,19,20,21). The molecule has 0 radical (unpaired) electrons. The zero-order valence-corrected chi connectivity index (χ0v) is 15.1. The average molecular weight is 397 g/mol. The molecule has 0 amide bonds. The SMILES string of the molecule is CCNc1nc(C23CC4CC(CC(C4)C2)C3)nc(C)c1I. The van der Waals surface area contributed by atoms with Gasteiger partial charge in [-0.1, -0.05) is 0 Å². The van der Waals surface area contributed by atoms with Gasteiger partial charge in [0.2, 0.25) is 0 Å². The minimum atomic E-state index is 0.300. The second-order valence-electron chi connectivity index (χ2n) is 7.52. The van der Waals surface area contributed by atoms with Gasteiger partial charge in [0.25, 0.3) is 0 Å². The predicted octanol–water partition coefficient (Wildman–Crippen LogP) is 4.29. The molecule has 0 unspecified atom stereocenters. The Morgan fingerprint density at radius 1 is 1.10 bits per heavy atom. The highest BCUT2D eigenvalue weighted by atomic mass is 127. The maximum atomic E-state index is 4.98. The van der Waals surface area contributed by atoms with Crippen molar-refractivity contribution in [3.05, 3.63) is 15.1 Å². The number of aromatic nitrogens is 2. The summed E-state index contributed by atoms with van der Waals surface area (Å²) in [4.78, 5) is 9.93. The fourth-order valence-electron chi connectivity index (χ4n) is 5.47. The highest BCUT2D eigenvalue weighted by Gasteiger charge is 2.53. The van der Waals surface area contributed by atoms with E-state index < -0.39 is 0 Å². The van der Waals surface area contributed by atoms with Crippen LogP contribution < -0.4 is 5.32 Å². The summed E-state index contributed by atoms with van der Waals surface area (Å²) in [7, 11) is 0. The van der Waals surface area contributed by atoms with E-state index in [1.807, 2.05) is 0 Å². The Morgan fingerprint density at radius 3 is 2.19 bits per heavy atom. The molecule has 1 heterocycles. The minimum Gasteiger partial charge on any atom is -0.369 e. The molecule has 0 aromatic carbocycles. The first-order chi connectivity index (χ1) is 10.1. The third-order valence-electron chi connectivity index (χ3n) is 5.87. The van der Waals surface area contributed by atoms with Gasteiger partial charge < -0.3 is 5.32 Å². The highest BCUT2D eigenvalue weighted by molar-refractivity contribution is 14.1. The molecule has 1 N–H and O–H groups in total. The largest absolute Gasteiger partial charge is 0.369 e. The van der Waals surface area contributed by atoms with Crippen LogP contribution in [0.1, 0.15) is 57.0 Å². The summed E-state index contributed by atoms with van der Waals surface area (Å²) in [5.41, 5.74) is 1.45. The number of nitrogens with one attached hydrogen (secondary N) is 1. The molecule has 4 bridgehead atoms. The predicted molar refractivity (Wildman–Crippen MR) is 93.5 cm³/mol. The van der Waals surface area contributed by atoms with Crippen LogP contribution in [0.15, 0.2) is 0 Å². The van der Waals surface area contributed by atoms with Gasteiger partial charge in [0.1, 0.15) is 11.6 Å². The van der Waals surface area contributed by atoms with Crippen LogP contribution in [0.4, 0.5) is 5.82 Å². The lowest BCUT2D eigenvalue weighted by molar-refractivity contribution is -0.00942. The Labute approximate surface area is 140 Å². The summed E-state index contributed by atoms with van der Waals surface area (Å²) >= 11 is 2.38. The van der Waals surface area contributed by atoms with Gasteiger partial charge in [0, 0.05) is 12.0 Å². The number of hydrogen-bond donors (Lipinski definition) is 1. The van der Waals surface area contributed by atoms with E-state index in [9.17, 15) is 0 Å². The van der Waals surface area contributed by atoms with Gasteiger partial charge in [-0.3, -0.25) is 0 Å². The number of hydrogen-bond acceptors (Lipinski definition) is 3. The molecule has 0 spiro atoms. The number of halogens is 1. The lowest BCUT2D eigenvalue weighted by atomic mass is 9.49. The molecule has 3 nitrogen and oxygen atoms in total. The van der Waals surface area contributed by atoms with Gasteiger partial charge in [-0.2, -0.15) is 0 Å². The lowest BCUT2D eigenvalue weighted by Gasteiger charge is -2.56. The molecule has 4 aliphatic rings. The summed E-state index contributed by atoms with van der Waals surface area (Å²) < 4.78 is 1.18. The van der Waals surface area contributed by atoms with E-state index in [4.69, 9.17) is 9.97 Å². The van der Waals surface area contributed by atoms with Crippen molar-refractivity contribution in [3.8, 4) is 0 Å². The van der Waals surface area contributed by atoms with E-state index in [-0.39, 0.29) is 0 Å². The first-order valence-corrected chi connectivity index (χ1v) is 9.46. The molecule has 4 heteroatoms. The third kappa shape index (κ3) is 2.28. The van der Waals surface area contributed by atoms with Crippen LogP contribution in [0.5, 0.6) is 0 Å². The molecule has 4 fully saturated rings. The van der Waals surface area contributed by atoms with Gasteiger partial charge >= 0.3 is 0 Å². The van der Waals surface area contributed by atoms with Crippen LogP contribution in [-0.2, 0) is 5.41 Å². The monoisotopic (exact) mass is 397 g/mol. The molecule has 1 aromatic heterocycles. The van der Waals surface area contributed by atoms with Gasteiger partial charge in [-0.25, -0.2) is 9.97 Å². The van der Waals surface area contributed by atoms with Crippen LogP contribution in [0, 0.1) is 28.2 Å². The molecule has 5 rings (SSSR count). The smallest absolute Gasteiger partial charge is 0.143 e. The first kappa shape index (κ1) is 14.2. The van der Waals surface area contributed by atoms with E-state index in [1.165, 1.54) is 42.1 Å². The summed E-state index contributed by atoms with van der Waals surface area (Å²) in [5, 5.41) is 3.43. The molecule has 114 valence electrons. The number of nitrogens with zero attached hydrogens (tertiary/aromatic N) is 2. The molecular weight excluding hydrogens is 373 g/mol. The quantitative estimate of drug-likeness (QED) is 0.774. The molecule has 4 aliphatic carbocycles. The van der Waals surface area contributed by atoms with E-state index in [2.05, 4.69) is 41.8 Å². The summed E-state index contributed by atoms with van der Waals surface area (Å²) in [6, 6.07) is 0. The van der Waals surface area contributed by atoms with Crippen LogP contribution in [-0.4, -0.2) is 16.5 Å². The molecule has 4 saturated carbocycles. The zero-order valence-electron chi connectivity index (χ0n) is 13.0. The lowest BCUT2D eigenvalue weighted by Crippen LogP contribution is -2.49. The Bertz CT molecular complexity index is 534. The van der Waals surface area contributed by atoms with Crippen molar-refractivity contribution in [2.45, 2.75) is 57.8 Å². The molecule has 1 aromatic rings. The van der Waals surface area contributed by atoms with Crippen LogP contribution in [0.3, 0.4) is 0 Å². The van der Waals surface area contributed by atoms with Crippen molar-refractivity contribution < 1.29 is 0 Å². The maximum absolute atomic E-state index is 4.98. The number of anilines is 1. The Morgan fingerprint density at radius 2 is 1.67 bits per heavy atom. The van der Waals surface area contributed by atoms with Gasteiger partial charge in [-0.05, 0) is 92.7 Å². The average Bonchev–Trinajstić information content (AvgIpc) is 2.42. The second kappa shape index (κ2) is 5.07. The van der Waals surface area contributed by atoms with Crippen molar-refractivity contribution >= 4 is 28.4 Å². The normalized spacial score (nSPS) is 37.0. The molecule has 0 aliphatic heterocycles. The molecule has 21 heavy (non-hydrogen) atoms. The molecular formula is C17H24IN3. The highest BCUT2D eigenvalue weighted by Crippen LogP contribution is 2.60. The van der Waals surface area contributed by atoms with Gasteiger partial charge in [0.15, 0.2) is 0 Å². The number of aryl methyl sites for hydroxylation is 1. The van der Waals surface area contributed by atoms with E-state index in [0.717, 1.165) is 41.6 Å². The van der Waals surface area contributed by atoms with Crippen LogP contribution >= 0.6 is 22.6 Å².